The molecule has 1 aliphatic rings. The largest absolute Gasteiger partial charge is 0.347 e. The molecule has 7 nitrogen and oxygen atoms in total. The predicted molar refractivity (Wildman–Crippen MR) is 73.1 cm³/mol. The van der Waals surface area contributed by atoms with Crippen LogP contribution in [0.1, 0.15) is 24.6 Å². The number of hydrogen-bond donors (Lipinski definition) is 1. The van der Waals surface area contributed by atoms with Gasteiger partial charge in [-0.25, -0.2) is 13.4 Å². The van der Waals surface area contributed by atoms with Gasteiger partial charge in [-0.1, -0.05) is 0 Å². The number of aromatic nitrogens is 4. The highest BCUT2D eigenvalue weighted by atomic mass is 32.2. The zero-order chi connectivity index (χ0) is 14.2. The van der Waals surface area contributed by atoms with Crippen molar-refractivity contribution in [1.82, 2.24) is 20.2 Å². The van der Waals surface area contributed by atoms with E-state index < -0.39 is 9.84 Å². The molecule has 20 heavy (non-hydrogen) atoms. The van der Waals surface area contributed by atoms with Crippen molar-refractivity contribution >= 4 is 15.7 Å². The summed E-state index contributed by atoms with van der Waals surface area (Å²) in [6.07, 6.45) is 9.35. The second kappa shape index (κ2) is 4.86. The molecule has 0 aromatic carbocycles. The van der Waals surface area contributed by atoms with Crippen LogP contribution in [0.4, 0.5) is 5.82 Å². The lowest BCUT2D eigenvalue weighted by Gasteiger charge is -2.24. The number of hydrogen-bond acceptors (Lipinski definition) is 6. The summed E-state index contributed by atoms with van der Waals surface area (Å²) in [5, 5.41) is 6.73. The van der Waals surface area contributed by atoms with Crippen LogP contribution in [0.25, 0.3) is 0 Å². The van der Waals surface area contributed by atoms with Crippen LogP contribution in [0, 0.1) is 0 Å². The first kappa shape index (κ1) is 13.0. The van der Waals surface area contributed by atoms with Gasteiger partial charge in [0.2, 0.25) is 0 Å². The van der Waals surface area contributed by atoms with Gasteiger partial charge < -0.3 is 4.90 Å². The lowest BCUT2D eigenvalue weighted by Crippen LogP contribution is -2.25. The summed E-state index contributed by atoms with van der Waals surface area (Å²) in [6.45, 7) is 0.825. The molecule has 0 bridgehead atoms. The number of H-pyrrole nitrogens is 1. The summed E-state index contributed by atoms with van der Waals surface area (Å²) in [5.41, 5.74) is 0.635. The van der Waals surface area contributed by atoms with E-state index in [2.05, 4.69) is 25.1 Å². The minimum Gasteiger partial charge on any atom is -0.347 e. The van der Waals surface area contributed by atoms with Gasteiger partial charge in [0.15, 0.2) is 9.84 Å². The monoisotopic (exact) mass is 293 g/mol. The van der Waals surface area contributed by atoms with Gasteiger partial charge in [0.25, 0.3) is 0 Å². The van der Waals surface area contributed by atoms with Crippen LogP contribution in [0.5, 0.6) is 0 Å². The van der Waals surface area contributed by atoms with Gasteiger partial charge in [0, 0.05) is 25.2 Å². The predicted octanol–water partition coefficient (Wildman–Crippen LogP) is 0.945. The van der Waals surface area contributed by atoms with Crippen molar-refractivity contribution < 1.29 is 8.42 Å². The van der Waals surface area contributed by atoms with Gasteiger partial charge in [-0.05, 0) is 12.8 Å². The van der Waals surface area contributed by atoms with Crippen molar-refractivity contribution in [3.8, 4) is 0 Å². The number of rotatable bonds is 3. The highest BCUT2D eigenvalue weighted by Crippen LogP contribution is 2.36. The third kappa shape index (κ3) is 2.26. The zero-order valence-corrected chi connectivity index (χ0v) is 11.8. The lowest BCUT2D eigenvalue weighted by molar-refractivity contribution is 0.596. The SMILES string of the molecule is CS(=O)(=O)c1cn[nH]c1[C@H]1CCCN1c1cnccn1. The summed E-state index contributed by atoms with van der Waals surface area (Å²) in [6, 6.07) is -0.0566. The summed E-state index contributed by atoms with van der Waals surface area (Å²) in [7, 11) is -3.29. The number of nitrogens with zero attached hydrogens (tertiary/aromatic N) is 4. The summed E-state index contributed by atoms with van der Waals surface area (Å²) in [4.78, 5) is 10.7. The summed E-state index contributed by atoms with van der Waals surface area (Å²) < 4.78 is 23.6. The Labute approximate surface area is 117 Å². The van der Waals surface area contributed by atoms with Crippen molar-refractivity contribution in [3.05, 3.63) is 30.5 Å². The number of nitrogens with one attached hydrogen (secondary N) is 1. The van der Waals surface area contributed by atoms with Crippen molar-refractivity contribution in [3.63, 3.8) is 0 Å². The number of anilines is 1. The van der Waals surface area contributed by atoms with Crippen molar-refractivity contribution in [1.29, 1.82) is 0 Å². The number of aromatic amines is 1. The third-order valence-electron chi connectivity index (χ3n) is 3.46. The van der Waals surface area contributed by atoms with Gasteiger partial charge in [-0.3, -0.25) is 10.1 Å². The fourth-order valence-corrected chi connectivity index (χ4v) is 3.43. The van der Waals surface area contributed by atoms with Crippen LogP contribution >= 0.6 is 0 Å². The maximum atomic E-state index is 11.8. The van der Waals surface area contributed by atoms with E-state index >= 15 is 0 Å². The Morgan fingerprint density at radius 2 is 2.20 bits per heavy atom. The highest BCUT2D eigenvalue weighted by Gasteiger charge is 2.32. The van der Waals surface area contributed by atoms with Crippen LogP contribution in [0.2, 0.25) is 0 Å². The van der Waals surface area contributed by atoms with Gasteiger partial charge in [0.05, 0.1) is 24.1 Å². The minimum absolute atomic E-state index is 0.0566. The molecule has 1 aliphatic heterocycles. The molecule has 1 saturated heterocycles. The van der Waals surface area contributed by atoms with E-state index in [0.717, 1.165) is 25.2 Å². The van der Waals surface area contributed by atoms with E-state index in [1.54, 1.807) is 18.6 Å². The molecule has 1 atom stereocenters. The standard InChI is InChI=1S/C12H15N5O2S/c1-20(18,19)10-7-15-16-12(10)9-3-2-6-17(9)11-8-13-4-5-14-11/h4-5,7-9H,2-3,6H2,1H3,(H,15,16)/t9-/m1/s1. The van der Waals surface area contributed by atoms with Crippen LogP contribution in [-0.4, -0.2) is 41.4 Å². The molecular formula is C12H15N5O2S. The average molecular weight is 293 g/mol. The molecule has 2 aromatic heterocycles. The van der Waals surface area contributed by atoms with Crippen LogP contribution in [0.3, 0.4) is 0 Å². The fourth-order valence-electron chi connectivity index (χ4n) is 2.60. The second-order valence-electron chi connectivity index (χ2n) is 4.84. The lowest BCUT2D eigenvalue weighted by atomic mass is 10.1. The average Bonchev–Trinajstić information content (AvgIpc) is 3.07. The van der Waals surface area contributed by atoms with E-state index in [9.17, 15) is 8.42 Å². The van der Waals surface area contributed by atoms with E-state index in [-0.39, 0.29) is 10.9 Å². The van der Waals surface area contributed by atoms with Gasteiger partial charge in [-0.15, -0.1) is 0 Å². The highest BCUT2D eigenvalue weighted by molar-refractivity contribution is 7.90. The summed E-state index contributed by atoms with van der Waals surface area (Å²) in [5.74, 6) is 0.754. The minimum atomic E-state index is -3.29. The van der Waals surface area contributed by atoms with Crippen LogP contribution in [-0.2, 0) is 9.84 Å². The zero-order valence-electron chi connectivity index (χ0n) is 11.0. The molecule has 0 amide bonds. The molecular weight excluding hydrogens is 278 g/mol. The third-order valence-corrected chi connectivity index (χ3v) is 4.59. The Hall–Kier alpha value is -1.96. The fraction of sp³-hybridized carbons (Fsp3) is 0.417. The Balaban J connectivity index is 2.00. The molecule has 8 heteroatoms. The van der Waals surface area contributed by atoms with Gasteiger partial charge in [-0.2, -0.15) is 5.10 Å². The van der Waals surface area contributed by atoms with Crippen molar-refractivity contribution in [2.75, 3.05) is 17.7 Å². The normalized spacial score (nSPS) is 19.4. The van der Waals surface area contributed by atoms with E-state index in [4.69, 9.17) is 0 Å². The molecule has 0 aliphatic carbocycles. The van der Waals surface area contributed by atoms with E-state index in [1.807, 2.05) is 0 Å². The molecule has 3 rings (SSSR count). The number of sulfone groups is 1. The molecule has 0 spiro atoms. The van der Waals surface area contributed by atoms with Crippen molar-refractivity contribution in [2.45, 2.75) is 23.8 Å². The molecule has 1 fully saturated rings. The van der Waals surface area contributed by atoms with Crippen molar-refractivity contribution in [2.24, 2.45) is 0 Å². The van der Waals surface area contributed by atoms with Gasteiger partial charge >= 0.3 is 0 Å². The molecule has 2 aromatic rings. The molecule has 106 valence electrons. The van der Waals surface area contributed by atoms with Crippen LogP contribution in [0.15, 0.2) is 29.7 Å². The Kier molecular flexibility index (Phi) is 3.17. The maximum Gasteiger partial charge on any atom is 0.178 e. The topological polar surface area (TPSA) is 91.8 Å². The Morgan fingerprint density at radius 3 is 2.90 bits per heavy atom. The summed E-state index contributed by atoms with van der Waals surface area (Å²) >= 11 is 0. The van der Waals surface area contributed by atoms with Gasteiger partial charge in [0.1, 0.15) is 10.7 Å². The molecule has 0 radical (unpaired) electrons. The van der Waals surface area contributed by atoms with E-state index in [1.165, 1.54) is 12.5 Å². The maximum absolute atomic E-state index is 11.8. The first-order valence-electron chi connectivity index (χ1n) is 6.33. The van der Waals surface area contributed by atoms with E-state index in [0.29, 0.717) is 5.69 Å². The van der Waals surface area contributed by atoms with Crippen LogP contribution < -0.4 is 4.90 Å². The Morgan fingerprint density at radius 1 is 1.35 bits per heavy atom. The molecule has 0 unspecified atom stereocenters. The quantitative estimate of drug-likeness (QED) is 0.905. The second-order valence-corrected chi connectivity index (χ2v) is 6.82. The molecule has 0 saturated carbocycles. The first-order chi connectivity index (χ1) is 9.57. The molecule has 3 heterocycles. The Bertz CT molecular complexity index is 698. The smallest absolute Gasteiger partial charge is 0.178 e. The molecule has 1 N–H and O–H groups in total. The first-order valence-corrected chi connectivity index (χ1v) is 8.22.